The Morgan fingerprint density at radius 1 is 1.00 bits per heavy atom. The number of fused-ring (bicyclic) bond motifs is 2. The van der Waals surface area contributed by atoms with Crippen molar-refractivity contribution < 1.29 is 4.79 Å². The molecule has 0 N–H and O–H groups in total. The van der Waals surface area contributed by atoms with Crippen LogP contribution in [0.15, 0.2) is 12.2 Å². The molecular formula is C18H25NO. The van der Waals surface area contributed by atoms with Gasteiger partial charge in [-0.2, -0.15) is 0 Å². The van der Waals surface area contributed by atoms with Crippen molar-refractivity contribution in [2.75, 3.05) is 0 Å². The van der Waals surface area contributed by atoms with Gasteiger partial charge in [0.1, 0.15) is 0 Å². The lowest BCUT2D eigenvalue weighted by Crippen LogP contribution is -2.57. The van der Waals surface area contributed by atoms with Gasteiger partial charge in [0, 0.05) is 6.04 Å². The number of carbonyl (C=O) groups is 1. The van der Waals surface area contributed by atoms with Crippen LogP contribution >= 0.6 is 0 Å². The first kappa shape index (κ1) is 11.8. The van der Waals surface area contributed by atoms with Gasteiger partial charge in [-0.15, -0.1) is 0 Å². The van der Waals surface area contributed by atoms with Gasteiger partial charge in [-0.1, -0.05) is 12.2 Å². The summed E-state index contributed by atoms with van der Waals surface area (Å²) in [5, 5.41) is 0. The van der Waals surface area contributed by atoms with Crippen molar-refractivity contribution in [2.45, 2.75) is 69.9 Å². The van der Waals surface area contributed by atoms with E-state index in [2.05, 4.69) is 17.1 Å². The molecule has 1 amide bonds. The molecule has 5 fully saturated rings. The summed E-state index contributed by atoms with van der Waals surface area (Å²) in [4.78, 5) is 15.7. The molecule has 0 aromatic carbocycles. The van der Waals surface area contributed by atoms with E-state index in [-0.39, 0.29) is 5.41 Å². The van der Waals surface area contributed by atoms with Crippen molar-refractivity contribution in [1.29, 1.82) is 0 Å². The highest BCUT2D eigenvalue weighted by Gasteiger charge is 2.57. The SMILES string of the molecule is O=C(N1C2C=CCC1CC2)C12CC3CC(CC(C3)C1)C2. The van der Waals surface area contributed by atoms with Gasteiger partial charge in [-0.25, -0.2) is 0 Å². The molecule has 2 atom stereocenters. The summed E-state index contributed by atoms with van der Waals surface area (Å²) < 4.78 is 0. The summed E-state index contributed by atoms with van der Waals surface area (Å²) in [6, 6.07) is 0.972. The maximum atomic E-state index is 13.4. The van der Waals surface area contributed by atoms with Crippen LogP contribution in [0.2, 0.25) is 0 Å². The number of nitrogens with zero attached hydrogens (tertiary/aromatic N) is 1. The minimum Gasteiger partial charge on any atom is -0.332 e. The minimum atomic E-state index is 0.0702. The zero-order valence-corrected chi connectivity index (χ0v) is 12.3. The Hall–Kier alpha value is -0.790. The molecule has 2 unspecified atom stereocenters. The lowest BCUT2D eigenvalue weighted by Gasteiger charge is -2.57. The summed E-state index contributed by atoms with van der Waals surface area (Å²) in [6.45, 7) is 0. The molecule has 4 aliphatic carbocycles. The van der Waals surface area contributed by atoms with E-state index in [1.807, 2.05) is 0 Å². The normalized spacial score (nSPS) is 51.8. The fraction of sp³-hybridized carbons (Fsp3) is 0.833. The lowest BCUT2D eigenvalue weighted by molar-refractivity contribution is -0.160. The highest BCUT2D eigenvalue weighted by atomic mass is 16.2. The van der Waals surface area contributed by atoms with Crippen LogP contribution in [-0.2, 0) is 4.79 Å². The molecule has 20 heavy (non-hydrogen) atoms. The molecule has 108 valence electrons. The fourth-order valence-electron chi connectivity index (χ4n) is 6.69. The first-order chi connectivity index (χ1) is 9.73. The highest BCUT2D eigenvalue weighted by Crippen LogP contribution is 2.61. The lowest BCUT2D eigenvalue weighted by atomic mass is 9.49. The molecule has 2 heterocycles. The van der Waals surface area contributed by atoms with Gasteiger partial charge in [0.05, 0.1) is 11.5 Å². The van der Waals surface area contributed by atoms with Gasteiger partial charge < -0.3 is 4.90 Å². The van der Waals surface area contributed by atoms with E-state index in [1.165, 1.54) is 51.4 Å². The third kappa shape index (κ3) is 1.48. The zero-order chi connectivity index (χ0) is 13.3. The second kappa shape index (κ2) is 3.90. The van der Waals surface area contributed by atoms with Crippen LogP contribution in [0.3, 0.4) is 0 Å². The Bertz CT molecular complexity index is 445. The van der Waals surface area contributed by atoms with Gasteiger partial charge >= 0.3 is 0 Å². The highest BCUT2D eigenvalue weighted by molar-refractivity contribution is 5.84. The zero-order valence-electron chi connectivity index (χ0n) is 12.3. The Balaban J connectivity index is 1.48. The number of hydrogen-bond acceptors (Lipinski definition) is 1. The third-order valence-corrected chi connectivity index (χ3v) is 7.04. The smallest absolute Gasteiger partial charge is 0.229 e. The van der Waals surface area contributed by atoms with Crippen LogP contribution < -0.4 is 0 Å². The maximum Gasteiger partial charge on any atom is 0.229 e. The molecular weight excluding hydrogens is 246 g/mol. The largest absolute Gasteiger partial charge is 0.332 e. The first-order valence-corrected chi connectivity index (χ1v) is 8.73. The molecule has 0 aromatic heterocycles. The fourth-order valence-corrected chi connectivity index (χ4v) is 6.69. The van der Waals surface area contributed by atoms with Crippen molar-refractivity contribution in [1.82, 2.24) is 4.90 Å². The van der Waals surface area contributed by atoms with Crippen LogP contribution in [-0.4, -0.2) is 22.9 Å². The van der Waals surface area contributed by atoms with Gasteiger partial charge in [0.2, 0.25) is 5.91 Å². The molecule has 1 saturated heterocycles. The molecule has 6 rings (SSSR count). The Morgan fingerprint density at radius 2 is 1.65 bits per heavy atom. The predicted octanol–water partition coefficient (Wildman–Crippen LogP) is 3.52. The number of rotatable bonds is 1. The number of carbonyl (C=O) groups excluding carboxylic acids is 1. The second-order valence-electron chi connectivity index (χ2n) is 8.37. The molecule has 0 spiro atoms. The van der Waals surface area contributed by atoms with Gasteiger partial charge in [-0.3, -0.25) is 4.79 Å². The second-order valence-corrected chi connectivity index (χ2v) is 8.37. The summed E-state index contributed by atoms with van der Waals surface area (Å²) in [5.41, 5.74) is 0.0702. The maximum absolute atomic E-state index is 13.4. The quantitative estimate of drug-likeness (QED) is 0.668. The summed E-state index contributed by atoms with van der Waals surface area (Å²) in [5.74, 6) is 3.20. The van der Waals surface area contributed by atoms with Crippen LogP contribution in [0.25, 0.3) is 0 Å². The van der Waals surface area contributed by atoms with Gasteiger partial charge in [0.15, 0.2) is 0 Å². The molecule has 2 aliphatic heterocycles. The van der Waals surface area contributed by atoms with Crippen LogP contribution in [0.4, 0.5) is 0 Å². The van der Waals surface area contributed by atoms with E-state index in [9.17, 15) is 4.79 Å². The van der Waals surface area contributed by atoms with Crippen LogP contribution in [0, 0.1) is 23.2 Å². The molecule has 0 aromatic rings. The average molecular weight is 271 g/mol. The van der Waals surface area contributed by atoms with E-state index in [0.29, 0.717) is 18.0 Å². The standard InChI is InChI=1S/C18H25NO/c20-17(19-15-2-1-3-16(19)5-4-15)18-9-12-6-13(10-18)8-14(7-12)11-18/h1-2,12-16H,3-11H2. The molecule has 2 heteroatoms. The van der Waals surface area contributed by atoms with Crippen molar-refractivity contribution in [2.24, 2.45) is 23.2 Å². The third-order valence-electron chi connectivity index (χ3n) is 7.04. The van der Waals surface area contributed by atoms with Gasteiger partial charge in [-0.05, 0) is 75.5 Å². The Labute approximate surface area is 121 Å². The number of amides is 1. The topological polar surface area (TPSA) is 20.3 Å². The molecule has 0 radical (unpaired) electrons. The van der Waals surface area contributed by atoms with Crippen molar-refractivity contribution in [3.05, 3.63) is 12.2 Å². The predicted molar refractivity (Wildman–Crippen MR) is 78.0 cm³/mol. The van der Waals surface area contributed by atoms with E-state index in [4.69, 9.17) is 0 Å². The van der Waals surface area contributed by atoms with Crippen molar-refractivity contribution in [3.63, 3.8) is 0 Å². The first-order valence-electron chi connectivity index (χ1n) is 8.73. The Kier molecular flexibility index (Phi) is 2.30. The molecule has 6 bridgehead atoms. The van der Waals surface area contributed by atoms with Gasteiger partial charge in [0.25, 0.3) is 0 Å². The molecule has 4 saturated carbocycles. The molecule has 2 nitrogen and oxygen atoms in total. The van der Waals surface area contributed by atoms with E-state index >= 15 is 0 Å². The Morgan fingerprint density at radius 3 is 2.25 bits per heavy atom. The van der Waals surface area contributed by atoms with E-state index < -0.39 is 0 Å². The van der Waals surface area contributed by atoms with Crippen LogP contribution in [0.1, 0.15) is 57.8 Å². The van der Waals surface area contributed by atoms with Crippen molar-refractivity contribution >= 4 is 5.91 Å². The summed E-state index contributed by atoms with van der Waals surface area (Å²) in [6.07, 6.45) is 16.1. The summed E-state index contributed by atoms with van der Waals surface area (Å²) >= 11 is 0. The average Bonchev–Trinajstić information content (AvgIpc) is 2.65. The van der Waals surface area contributed by atoms with Crippen LogP contribution in [0.5, 0.6) is 0 Å². The number of hydrogen-bond donors (Lipinski definition) is 0. The minimum absolute atomic E-state index is 0.0702. The summed E-state index contributed by atoms with van der Waals surface area (Å²) in [7, 11) is 0. The van der Waals surface area contributed by atoms with Crippen molar-refractivity contribution in [3.8, 4) is 0 Å². The van der Waals surface area contributed by atoms with E-state index in [1.54, 1.807) is 0 Å². The monoisotopic (exact) mass is 271 g/mol. The molecule has 6 aliphatic rings. The van der Waals surface area contributed by atoms with E-state index in [0.717, 1.165) is 24.2 Å².